The van der Waals surface area contributed by atoms with Crippen LogP contribution in [-0.4, -0.2) is 29.7 Å². The summed E-state index contributed by atoms with van der Waals surface area (Å²) in [5.41, 5.74) is 2.79. The Labute approximate surface area is 162 Å². The number of benzene rings is 2. The van der Waals surface area contributed by atoms with Crippen molar-refractivity contribution < 1.29 is 9.53 Å². The summed E-state index contributed by atoms with van der Waals surface area (Å²) in [4.78, 5) is 14.4. The maximum absolute atomic E-state index is 12.7. The lowest BCUT2D eigenvalue weighted by atomic mass is 10.0. The van der Waals surface area contributed by atoms with E-state index in [1.807, 2.05) is 63.2 Å². The summed E-state index contributed by atoms with van der Waals surface area (Å²) in [6.07, 6.45) is 1.56. The Morgan fingerprint density at radius 3 is 2.19 bits per heavy atom. The molecule has 0 N–H and O–H groups in total. The fraction of sp³-hybridized carbons (Fsp3) is 0.391. The zero-order valence-electron chi connectivity index (χ0n) is 16.4. The van der Waals surface area contributed by atoms with Crippen LogP contribution < -0.4 is 0 Å². The first-order chi connectivity index (χ1) is 12.9. The molecule has 0 saturated carbocycles. The quantitative estimate of drug-likeness (QED) is 0.711. The Hall–Kier alpha value is -2.80. The Morgan fingerprint density at radius 2 is 1.56 bits per heavy atom. The average Bonchev–Trinajstić information content (AvgIpc) is 2.62. The normalized spacial score (nSPS) is 10.9. The molecule has 0 radical (unpaired) electrons. The molecule has 142 valence electrons. The van der Waals surface area contributed by atoms with Gasteiger partial charge in [-0.15, -0.1) is 0 Å². The minimum atomic E-state index is -0.527. The molecular formula is C23H28N2O2. The molecule has 2 aromatic carbocycles. The summed E-state index contributed by atoms with van der Waals surface area (Å²) in [6, 6.07) is 20.2. The molecule has 4 heteroatoms. The summed E-state index contributed by atoms with van der Waals surface area (Å²) in [7, 11) is 0. The van der Waals surface area contributed by atoms with Crippen molar-refractivity contribution in [3.8, 4) is 6.07 Å². The van der Waals surface area contributed by atoms with Gasteiger partial charge < -0.3 is 9.64 Å². The summed E-state index contributed by atoms with van der Waals surface area (Å²) in [5.74, 6) is 0. The van der Waals surface area contributed by atoms with Gasteiger partial charge in [0.2, 0.25) is 0 Å². The second-order valence-corrected chi connectivity index (χ2v) is 7.56. The van der Waals surface area contributed by atoms with Gasteiger partial charge in [-0.3, -0.25) is 0 Å². The van der Waals surface area contributed by atoms with Crippen molar-refractivity contribution in [2.75, 3.05) is 13.1 Å². The number of nitrogens with zero attached hydrogens (tertiary/aromatic N) is 2. The third kappa shape index (κ3) is 7.15. The SMILES string of the molecule is CC(C)(C)OC(=O)N(CCc1ccccc1)CCc1ccccc1CC#N. The van der Waals surface area contributed by atoms with Gasteiger partial charge in [0.1, 0.15) is 5.60 Å². The highest BCUT2D eigenvalue weighted by molar-refractivity contribution is 5.68. The summed E-state index contributed by atoms with van der Waals surface area (Å²) >= 11 is 0. The molecule has 0 aliphatic rings. The fourth-order valence-electron chi connectivity index (χ4n) is 2.84. The average molecular weight is 364 g/mol. The first-order valence-corrected chi connectivity index (χ1v) is 9.34. The Morgan fingerprint density at radius 1 is 0.963 bits per heavy atom. The van der Waals surface area contributed by atoms with E-state index in [9.17, 15) is 4.79 Å². The Bertz CT molecular complexity index is 773. The lowest BCUT2D eigenvalue weighted by Gasteiger charge is -2.27. The molecule has 2 rings (SSSR count). The van der Waals surface area contributed by atoms with Crippen LogP contribution in [0, 0.1) is 11.3 Å². The number of amides is 1. The topological polar surface area (TPSA) is 53.3 Å². The molecule has 0 saturated heterocycles. The van der Waals surface area contributed by atoms with Crippen molar-refractivity contribution in [1.29, 1.82) is 5.26 Å². The molecule has 0 aliphatic carbocycles. The van der Waals surface area contributed by atoms with Crippen molar-refractivity contribution in [1.82, 2.24) is 4.90 Å². The third-order valence-corrected chi connectivity index (χ3v) is 4.20. The molecule has 0 atom stereocenters. The van der Waals surface area contributed by atoms with E-state index in [1.165, 1.54) is 5.56 Å². The molecule has 0 aliphatic heterocycles. The number of nitriles is 1. The number of rotatable bonds is 7. The van der Waals surface area contributed by atoms with Gasteiger partial charge in [-0.2, -0.15) is 5.26 Å². The van der Waals surface area contributed by atoms with Crippen molar-refractivity contribution in [2.45, 2.75) is 45.6 Å². The second kappa shape index (κ2) is 9.78. The van der Waals surface area contributed by atoms with Crippen LogP contribution in [0.5, 0.6) is 0 Å². The third-order valence-electron chi connectivity index (χ3n) is 4.20. The second-order valence-electron chi connectivity index (χ2n) is 7.56. The standard InChI is InChI=1S/C23H28N2O2/c1-23(2,3)27-22(26)25(17-14-19-9-5-4-6-10-19)18-15-21-12-8-7-11-20(21)13-16-24/h4-12H,13-15,17-18H2,1-3H3. The van der Waals surface area contributed by atoms with E-state index in [4.69, 9.17) is 10.00 Å². The highest BCUT2D eigenvalue weighted by Gasteiger charge is 2.22. The van der Waals surface area contributed by atoms with Crippen LogP contribution in [0.15, 0.2) is 54.6 Å². The molecule has 27 heavy (non-hydrogen) atoms. The lowest BCUT2D eigenvalue weighted by molar-refractivity contribution is 0.0254. The molecule has 0 aromatic heterocycles. The summed E-state index contributed by atoms with van der Waals surface area (Å²) in [6.45, 7) is 6.79. The van der Waals surface area contributed by atoms with Gasteiger partial charge in [0.15, 0.2) is 0 Å². The maximum Gasteiger partial charge on any atom is 0.410 e. The van der Waals surface area contributed by atoms with E-state index in [0.717, 1.165) is 17.5 Å². The van der Waals surface area contributed by atoms with Gasteiger partial charge in [-0.1, -0.05) is 54.6 Å². The van der Waals surface area contributed by atoms with E-state index in [-0.39, 0.29) is 6.09 Å². The summed E-state index contributed by atoms with van der Waals surface area (Å²) < 4.78 is 5.59. The van der Waals surface area contributed by atoms with Crippen LogP contribution >= 0.6 is 0 Å². The van der Waals surface area contributed by atoms with Crippen LogP contribution in [0.4, 0.5) is 4.79 Å². The number of hydrogen-bond acceptors (Lipinski definition) is 3. The molecule has 0 heterocycles. The van der Waals surface area contributed by atoms with E-state index in [2.05, 4.69) is 18.2 Å². The van der Waals surface area contributed by atoms with E-state index < -0.39 is 5.60 Å². The van der Waals surface area contributed by atoms with Crippen molar-refractivity contribution in [2.24, 2.45) is 0 Å². The highest BCUT2D eigenvalue weighted by atomic mass is 16.6. The van der Waals surface area contributed by atoms with E-state index >= 15 is 0 Å². The monoisotopic (exact) mass is 364 g/mol. The van der Waals surface area contributed by atoms with Crippen molar-refractivity contribution in [3.05, 3.63) is 71.3 Å². The molecular weight excluding hydrogens is 336 g/mol. The van der Waals surface area contributed by atoms with Crippen molar-refractivity contribution in [3.63, 3.8) is 0 Å². The van der Waals surface area contributed by atoms with Crippen LogP contribution in [0.2, 0.25) is 0 Å². The fourth-order valence-corrected chi connectivity index (χ4v) is 2.84. The first kappa shape index (κ1) is 20.5. The Balaban J connectivity index is 2.07. The van der Waals surface area contributed by atoms with Crippen molar-refractivity contribution >= 4 is 6.09 Å². The molecule has 0 spiro atoms. The summed E-state index contributed by atoms with van der Waals surface area (Å²) in [5, 5.41) is 9.01. The minimum absolute atomic E-state index is 0.295. The number of ether oxygens (including phenoxy) is 1. The maximum atomic E-state index is 12.7. The van der Waals surface area contributed by atoms with Crippen LogP contribution in [0.1, 0.15) is 37.5 Å². The molecule has 0 unspecified atom stereocenters. The van der Waals surface area contributed by atoms with Gasteiger partial charge in [0.25, 0.3) is 0 Å². The number of carbonyl (C=O) groups excluding carboxylic acids is 1. The largest absolute Gasteiger partial charge is 0.444 e. The van der Waals surface area contributed by atoms with E-state index in [1.54, 1.807) is 4.90 Å². The number of carbonyl (C=O) groups is 1. The van der Waals surface area contributed by atoms with Crippen LogP contribution in [0.3, 0.4) is 0 Å². The minimum Gasteiger partial charge on any atom is -0.444 e. The Kier molecular flexibility index (Phi) is 7.43. The van der Waals surface area contributed by atoms with Gasteiger partial charge in [-0.05, 0) is 50.3 Å². The first-order valence-electron chi connectivity index (χ1n) is 9.34. The van der Waals surface area contributed by atoms with Gasteiger partial charge in [0.05, 0.1) is 12.5 Å². The van der Waals surface area contributed by atoms with E-state index in [0.29, 0.717) is 25.9 Å². The highest BCUT2D eigenvalue weighted by Crippen LogP contribution is 2.14. The molecule has 4 nitrogen and oxygen atoms in total. The zero-order chi connectivity index (χ0) is 19.7. The lowest BCUT2D eigenvalue weighted by Crippen LogP contribution is -2.39. The van der Waals surface area contributed by atoms with Gasteiger partial charge in [-0.25, -0.2) is 4.79 Å². The molecule has 0 fully saturated rings. The predicted molar refractivity (Wildman–Crippen MR) is 107 cm³/mol. The molecule has 1 amide bonds. The van der Waals surface area contributed by atoms with Crippen LogP contribution in [-0.2, 0) is 24.0 Å². The molecule has 2 aromatic rings. The molecule has 0 bridgehead atoms. The number of hydrogen-bond donors (Lipinski definition) is 0. The van der Waals surface area contributed by atoms with Gasteiger partial charge in [0, 0.05) is 13.1 Å². The predicted octanol–water partition coefficient (Wildman–Crippen LogP) is 4.77. The smallest absolute Gasteiger partial charge is 0.410 e. The zero-order valence-corrected chi connectivity index (χ0v) is 16.4. The van der Waals surface area contributed by atoms with Crippen LogP contribution in [0.25, 0.3) is 0 Å². The van der Waals surface area contributed by atoms with Gasteiger partial charge >= 0.3 is 6.09 Å².